The lowest BCUT2D eigenvalue weighted by atomic mass is 9.79. The van der Waals surface area contributed by atoms with Crippen LogP contribution in [0.2, 0.25) is 0 Å². The third-order valence-electron chi connectivity index (χ3n) is 4.51. The zero-order chi connectivity index (χ0) is 14.0. The number of nitrogens with one attached hydrogen (secondary N) is 1. The van der Waals surface area contributed by atoms with Gasteiger partial charge in [-0.2, -0.15) is 0 Å². The van der Waals surface area contributed by atoms with Crippen LogP contribution >= 0.6 is 0 Å². The van der Waals surface area contributed by atoms with E-state index in [9.17, 15) is 8.78 Å². The second kappa shape index (κ2) is 6.00. The summed E-state index contributed by atoms with van der Waals surface area (Å²) in [5, 5.41) is 3.48. The van der Waals surface area contributed by atoms with Crippen LogP contribution in [0.25, 0.3) is 0 Å². The van der Waals surface area contributed by atoms with E-state index in [0.29, 0.717) is 17.5 Å². The van der Waals surface area contributed by atoms with Crippen molar-refractivity contribution in [3.05, 3.63) is 35.4 Å². The van der Waals surface area contributed by atoms with Gasteiger partial charge in [-0.1, -0.05) is 19.9 Å². The largest absolute Gasteiger partial charge is 0.307 e. The Morgan fingerprint density at radius 1 is 1.16 bits per heavy atom. The quantitative estimate of drug-likeness (QED) is 0.853. The molecule has 1 nitrogen and oxygen atoms in total. The second-order valence-electron chi connectivity index (χ2n) is 6.02. The molecule has 1 N–H and O–H groups in total. The average molecular weight is 267 g/mol. The number of hydrogen-bond acceptors (Lipinski definition) is 1. The molecule has 1 aromatic rings. The third kappa shape index (κ3) is 3.53. The van der Waals surface area contributed by atoms with Crippen molar-refractivity contribution in [1.29, 1.82) is 0 Å². The van der Waals surface area contributed by atoms with Crippen molar-refractivity contribution in [2.45, 2.75) is 52.1 Å². The molecule has 0 radical (unpaired) electrons. The van der Waals surface area contributed by atoms with Crippen LogP contribution in [0.5, 0.6) is 0 Å². The number of rotatable bonds is 3. The van der Waals surface area contributed by atoms with Crippen molar-refractivity contribution >= 4 is 0 Å². The molecule has 1 aliphatic rings. The molecule has 0 amide bonds. The summed E-state index contributed by atoms with van der Waals surface area (Å²) in [6, 6.07) is 4.18. The van der Waals surface area contributed by atoms with Crippen molar-refractivity contribution < 1.29 is 8.78 Å². The van der Waals surface area contributed by atoms with Gasteiger partial charge in [-0.3, -0.25) is 0 Å². The highest BCUT2D eigenvalue weighted by Gasteiger charge is 2.26. The van der Waals surface area contributed by atoms with Crippen LogP contribution in [-0.4, -0.2) is 6.04 Å². The molecule has 1 fully saturated rings. The number of hydrogen-bond donors (Lipinski definition) is 1. The highest BCUT2D eigenvalue weighted by atomic mass is 19.1. The van der Waals surface area contributed by atoms with E-state index in [4.69, 9.17) is 0 Å². The number of benzene rings is 1. The normalized spacial score (nSPS) is 29.2. The Kier molecular flexibility index (Phi) is 4.56. The van der Waals surface area contributed by atoms with Crippen LogP contribution in [0, 0.1) is 23.5 Å². The Bertz CT molecular complexity index is 433. The zero-order valence-corrected chi connectivity index (χ0v) is 11.9. The molecule has 0 aliphatic heterocycles. The summed E-state index contributed by atoms with van der Waals surface area (Å²) in [6.07, 6.45) is 3.49. The van der Waals surface area contributed by atoms with Crippen molar-refractivity contribution in [1.82, 2.24) is 5.32 Å². The van der Waals surface area contributed by atoms with Gasteiger partial charge in [0.05, 0.1) is 0 Å². The van der Waals surface area contributed by atoms with Gasteiger partial charge in [-0.15, -0.1) is 0 Å². The highest BCUT2D eigenvalue weighted by molar-refractivity contribution is 5.21. The lowest BCUT2D eigenvalue weighted by molar-refractivity contribution is 0.216. The van der Waals surface area contributed by atoms with E-state index in [2.05, 4.69) is 19.2 Å². The average Bonchev–Trinajstić information content (AvgIpc) is 2.33. The molecule has 19 heavy (non-hydrogen) atoms. The molecule has 2 rings (SSSR count). The standard InChI is InChI=1S/C16H23F2N/c1-10-4-6-14(8-11(10)2)19-12(3)15-7-5-13(17)9-16(15)18/h5,7,9-12,14,19H,4,6,8H2,1-3H3. The topological polar surface area (TPSA) is 12.0 Å². The summed E-state index contributed by atoms with van der Waals surface area (Å²) in [6.45, 7) is 6.52. The predicted octanol–water partition coefficient (Wildman–Crippen LogP) is 4.44. The Morgan fingerprint density at radius 3 is 2.53 bits per heavy atom. The van der Waals surface area contributed by atoms with Gasteiger partial charge in [-0.25, -0.2) is 8.78 Å². The van der Waals surface area contributed by atoms with Crippen molar-refractivity contribution in [2.24, 2.45) is 11.8 Å². The minimum atomic E-state index is -0.520. The van der Waals surface area contributed by atoms with Gasteiger partial charge < -0.3 is 5.32 Å². The van der Waals surface area contributed by atoms with Crippen LogP contribution in [0.1, 0.15) is 51.6 Å². The summed E-state index contributed by atoms with van der Waals surface area (Å²) >= 11 is 0. The van der Waals surface area contributed by atoms with Gasteiger partial charge in [0.1, 0.15) is 11.6 Å². The fourth-order valence-corrected chi connectivity index (χ4v) is 2.99. The molecule has 4 unspecified atom stereocenters. The van der Waals surface area contributed by atoms with Crippen LogP contribution in [0.3, 0.4) is 0 Å². The smallest absolute Gasteiger partial charge is 0.130 e. The predicted molar refractivity (Wildman–Crippen MR) is 73.9 cm³/mol. The lowest BCUT2D eigenvalue weighted by Crippen LogP contribution is -2.37. The minimum Gasteiger partial charge on any atom is -0.307 e. The molecule has 0 heterocycles. The SMILES string of the molecule is CC(NC1CCC(C)C(C)C1)c1ccc(F)cc1F. The first kappa shape index (κ1) is 14.4. The van der Waals surface area contributed by atoms with Crippen LogP contribution in [0.15, 0.2) is 18.2 Å². The highest BCUT2D eigenvalue weighted by Crippen LogP contribution is 2.30. The molecular formula is C16H23F2N. The first-order valence-electron chi connectivity index (χ1n) is 7.18. The molecule has 4 atom stereocenters. The summed E-state index contributed by atoms with van der Waals surface area (Å²) in [5.41, 5.74) is 0.549. The Balaban J connectivity index is 1.99. The van der Waals surface area contributed by atoms with Gasteiger partial charge in [0.15, 0.2) is 0 Å². The maximum Gasteiger partial charge on any atom is 0.130 e. The Labute approximate surface area is 114 Å². The summed E-state index contributed by atoms with van der Waals surface area (Å²) in [4.78, 5) is 0. The Hall–Kier alpha value is -0.960. The van der Waals surface area contributed by atoms with E-state index in [1.165, 1.54) is 18.6 Å². The first-order chi connectivity index (χ1) is 8.97. The van der Waals surface area contributed by atoms with Crippen LogP contribution < -0.4 is 5.32 Å². The molecule has 0 bridgehead atoms. The van der Waals surface area contributed by atoms with Gasteiger partial charge in [-0.05, 0) is 44.1 Å². The molecule has 0 saturated heterocycles. The minimum absolute atomic E-state index is 0.0776. The van der Waals surface area contributed by atoms with Crippen molar-refractivity contribution in [3.63, 3.8) is 0 Å². The second-order valence-corrected chi connectivity index (χ2v) is 6.02. The lowest BCUT2D eigenvalue weighted by Gasteiger charge is -2.34. The fraction of sp³-hybridized carbons (Fsp3) is 0.625. The monoisotopic (exact) mass is 267 g/mol. The van der Waals surface area contributed by atoms with E-state index in [-0.39, 0.29) is 6.04 Å². The summed E-state index contributed by atoms with van der Waals surface area (Å²) in [7, 11) is 0. The van der Waals surface area contributed by atoms with Crippen LogP contribution in [0.4, 0.5) is 8.78 Å². The van der Waals surface area contributed by atoms with E-state index >= 15 is 0 Å². The third-order valence-corrected chi connectivity index (χ3v) is 4.51. The molecule has 3 heteroatoms. The van der Waals surface area contributed by atoms with Crippen molar-refractivity contribution in [3.8, 4) is 0 Å². The molecular weight excluding hydrogens is 244 g/mol. The molecule has 0 aromatic heterocycles. The van der Waals surface area contributed by atoms with E-state index in [1.807, 2.05) is 6.92 Å². The van der Waals surface area contributed by atoms with Gasteiger partial charge in [0.25, 0.3) is 0 Å². The number of halogens is 2. The molecule has 1 saturated carbocycles. The molecule has 0 spiro atoms. The van der Waals surface area contributed by atoms with Gasteiger partial charge >= 0.3 is 0 Å². The van der Waals surface area contributed by atoms with E-state index in [0.717, 1.165) is 24.8 Å². The Morgan fingerprint density at radius 2 is 1.89 bits per heavy atom. The van der Waals surface area contributed by atoms with Gasteiger partial charge in [0, 0.05) is 23.7 Å². The molecule has 106 valence electrons. The maximum atomic E-state index is 13.7. The molecule has 1 aliphatic carbocycles. The first-order valence-corrected chi connectivity index (χ1v) is 7.18. The van der Waals surface area contributed by atoms with Gasteiger partial charge in [0.2, 0.25) is 0 Å². The molecule has 1 aromatic carbocycles. The van der Waals surface area contributed by atoms with Crippen LogP contribution in [-0.2, 0) is 0 Å². The van der Waals surface area contributed by atoms with Crippen molar-refractivity contribution in [2.75, 3.05) is 0 Å². The zero-order valence-electron chi connectivity index (χ0n) is 11.9. The van der Waals surface area contributed by atoms with E-state index in [1.54, 1.807) is 0 Å². The fourth-order valence-electron chi connectivity index (χ4n) is 2.99. The van der Waals surface area contributed by atoms with E-state index < -0.39 is 11.6 Å². The summed E-state index contributed by atoms with van der Waals surface area (Å²) in [5.74, 6) is 0.498. The maximum absolute atomic E-state index is 13.7. The summed E-state index contributed by atoms with van der Waals surface area (Å²) < 4.78 is 26.6.